The predicted molar refractivity (Wildman–Crippen MR) is 132 cm³/mol. The van der Waals surface area contributed by atoms with Crippen LogP contribution in [0.1, 0.15) is 47.1 Å². The number of hydrogen-bond acceptors (Lipinski definition) is 10. The number of aromatic hydroxyl groups is 1. The van der Waals surface area contributed by atoms with Crippen molar-refractivity contribution < 1.29 is 14.9 Å². The van der Waals surface area contributed by atoms with Gasteiger partial charge in [-0.3, -0.25) is 10.0 Å². The maximum Gasteiger partial charge on any atom is 0.229 e. The number of phenols is 1. The van der Waals surface area contributed by atoms with E-state index in [2.05, 4.69) is 38.5 Å². The number of aliphatic hydroxyl groups is 1. The fraction of sp³-hybridized carbons (Fsp3) is 0.565. The van der Waals surface area contributed by atoms with Crippen molar-refractivity contribution in [1.82, 2.24) is 15.5 Å². The number of aromatic nitrogens is 2. The van der Waals surface area contributed by atoms with Crippen LogP contribution in [0.25, 0.3) is 0 Å². The van der Waals surface area contributed by atoms with Crippen molar-refractivity contribution >= 4 is 23.3 Å². The minimum absolute atomic E-state index is 0.00331. The Morgan fingerprint density at radius 2 is 1.79 bits per heavy atom. The van der Waals surface area contributed by atoms with E-state index in [1.54, 1.807) is 6.07 Å². The molecule has 0 unspecified atom stereocenters. The van der Waals surface area contributed by atoms with Gasteiger partial charge in [-0.1, -0.05) is 12.1 Å². The fourth-order valence-electron chi connectivity index (χ4n) is 3.77. The Morgan fingerprint density at radius 1 is 1.09 bits per heavy atom. The molecule has 1 aliphatic heterocycles. The van der Waals surface area contributed by atoms with Crippen LogP contribution in [-0.4, -0.2) is 58.6 Å². The Kier molecular flexibility index (Phi) is 7.70. The number of anilines is 4. The summed E-state index contributed by atoms with van der Waals surface area (Å²) in [5.74, 6) is 2.47. The molecule has 2 heterocycles. The first-order valence-corrected chi connectivity index (χ1v) is 11.4. The molecule has 0 saturated carbocycles. The number of phenolic OH excluding ortho intramolecular Hbond substituents is 1. The summed E-state index contributed by atoms with van der Waals surface area (Å²) in [6.45, 7) is 13.3. The average molecular weight is 460 g/mol. The Hall–Kier alpha value is -2.98. The number of methoxy groups -OCH3 is 1. The fourth-order valence-corrected chi connectivity index (χ4v) is 3.77. The van der Waals surface area contributed by atoms with Gasteiger partial charge in [0.05, 0.1) is 13.7 Å². The van der Waals surface area contributed by atoms with Crippen LogP contribution in [0.15, 0.2) is 18.2 Å². The number of fused-ring (bicyclic) bond motifs is 1. The van der Waals surface area contributed by atoms with E-state index < -0.39 is 0 Å². The van der Waals surface area contributed by atoms with E-state index in [4.69, 9.17) is 14.7 Å². The van der Waals surface area contributed by atoms with Crippen LogP contribution in [0, 0.1) is 0 Å². The molecule has 0 bridgehead atoms. The largest absolute Gasteiger partial charge is 0.504 e. The Bertz CT molecular complexity index is 952. The van der Waals surface area contributed by atoms with E-state index in [0.29, 0.717) is 36.2 Å². The van der Waals surface area contributed by atoms with Crippen LogP contribution >= 0.6 is 0 Å². The molecule has 2 aromatic rings. The van der Waals surface area contributed by atoms with Crippen molar-refractivity contribution in [2.75, 3.05) is 40.5 Å². The molecule has 0 atom stereocenters. The molecule has 1 aromatic carbocycles. The van der Waals surface area contributed by atoms with Crippen molar-refractivity contribution in [3.8, 4) is 11.5 Å². The molecule has 0 radical (unpaired) electrons. The Morgan fingerprint density at radius 3 is 2.36 bits per heavy atom. The van der Waals surface area contributed by atoms with Gasteiger partial charge in [-0.15, -0.1) is 5.53 Å². The van der Waals surface area contributed by atoms with E-state index in [1.807, 2.05) is 40.9 Å². The summed E-state index contributed by atoms with van der Waals surface area (Å²) in [5.41, 5.74) is 4.98. The van der Waals surface area contributed by atoms with Crippen LogP contribution in [0.3, 0.4) is 0 Å². The molecular weight excluding hydrogens is 422 g/mol. The molecule has 4 N–H and O–H groups in total. The molecule has 3 rings (SSSR count). The van der Waals surface area contributed by atoms with Gasteiger partial charge in [-0.2, -0.15) is 9.97 Å². The van der Waals surface area contributed by atoms with Gasteiger partial charge in [-0.05, 0) is 47.6 Å². The number of ether oxygens (including phenoxy) is 1. The van der Waals surface area contributed by atoms with Crippen LogP contribution in [0.2, 0.25) is 0 Å². The summed E-state index contributed by atoms with van der Waals surface area (Å²) in [5, 5.41) is 27.6. The molecule has 182 valence electrons. The van der Waals surface area contributed by atoms with Crippen molar-refractivity contribution in [2.24, 2.45) is 0 Å². The molecule has 33 heavy (non-hydrogen) atoms. The van der Waals surface area contributed by atoms with Crippen molar-refractivity contribution in [3.05, 3.63) is 23.8 Å². The van der Waals surface area contributed by atoms with Gasteiger partial charge in [0.1, 0.15) is 5.69 Å². The number of nitrogens with zero attached hydrogens (tertiary/aromatic N) is 5. The third-order valence-corrected chi connectivity index (χ3v) is 5.54. The van der Waals surface area contributed by atoms with Gasteiger partial charge in [-0.25, -0.2) is 0 Å². The monoisotopic (exact) mass is 459 g/mol. The van der Waals surface area contributed by atoms with Crippen LogP contribution in [0.5, 0.6) is 11.5 Å². The highest BCUT2D eigenvalue weighted by Gasteiger charge is 2.35. The summed E-state index contributed by atoms with van der Waals surface area (Å²) < 4.78 is 5.25. The van der Waals surface area contributed by atoms with Crippen molar-refractivity contribution in [3.63, 3.8) is 0 Å². The number of aliphatic hydroxyl groups excluding tert-OH is 1. The SMILES string of the molecule is COc1cccc(CNc2nc(N(CCO)C(C)C)nc3c2N(C(C)C)NN3C(C)C)c1O. The zero-order chi connectivity index (χ0) is 24.3. The van der Waals surface area contributed by atoms with Crippen LogP contribution < -0.4 is 30.5 Å². The maximum atomic E-state index is 10.5. The predicted octanol–water partition coefficient (Wildman–Crippen LogP) is 2.87. The first-order valence-electron chi connectivity index (χ1n) is 11.4. The zero-order valence-electron chi connectivity index (χ0n) is 20.6. The van der Waals surface area contributed by atoms with Gasteiger partial charge in [0.15, 0.2) is 23.1 Å². The number of benzene rings is 1. The highest BCUT2D eigenvalue weighted by Crippen LogP contribution is 2.41. The molecule has 10 nitrogen and oxygen atoms in total. The number of hydrogen-bond donors (Lipinski definition) is 4. The highest BCUT2D eigenvalue weighted by atomic mass is 16.5. The van der Waals surface area contributed by atoms with E-state index in [1.165, 1.54) is 7.11 Å². The molecule has 0 spiro atoms. The lowest BCUT2D eigenvalue weighted by Crippen LogP contribution is -2.50. The summed E-state index contributed by atoms with van der Waals surface area (Å²) in [6, 6.07) is 5.81. The highest BCUT2D eigenvalue weighted by molar-refractivity contribution is 5.83. The second-order valence-electron chi connectivity index (χ2n) is 8.90. The third kappa shape index (κ3) is 5.01. The first-order chi connectivity index (χ1) is 15.7. The van der Waals surface area contributed by atoms with Gasteiger partial charge < -0.3 is 25.2 Å². The van der Waals surface area contributed by atoms with Crippen LogP contribution in [-0.2, 0) is 6.54 Å². The molecular formula is C23H37N7O3. The van der Waals surface area contributed by atoms with Gasteiger partial charge in [0, 0.05) is 36.8 Å². The minimum Gasteiger partial charge on any atom is -0.504 e. The number of para-hydroxylation sites is 1. The van der Waals surface area contributed by atoms with E-state index in [9.17, 15) is 10.2 Å². The molecule has 0 amide bonds. The second-order valence-corrected chi connectivity index (χ2v) is 8.90. The third-order valence-electron chi connectivity index (χ3n) is 5.54. The molecule has 0 saturated heterocycles. The van der Waals surface area contributed by atoms with E-state index >= 15 is 0 Å². The van der Waals surface area contributed by atoms with Crippen molar-refractivity contribution in [1.29, 1.82) is 0 Å². The Balaban J connectivity index is 2.09. The lowest BCUT2D eigenvalue weighted by atomic mass is 10.2. The summed E-state index contributed by atoms with van der Waals surface area (Å²) in [7, 11) is 1.53. The van der Waals surface area contributed by atoms with Gasteiger partial charge in [0.2, 0.25) is 5.95 Å². The first kappa shape index (κ1) is 24.7. The quantitative estimate of drug-likeness (QED) is 0.423. The number of nitrogens with one attached hydrogen (secondary N) is 2. The van der Waals surface area contributed by atoms with Crippen LogP contribution in [0.4, 0.5) is 23.3 Å². The second kappa shape index (κ2) is 10.3. The standard InChI is InChI=1S/C23H37N7O3/c1-14(2)28(11-12-31)23-25-21(24-13-17-9-8-10-18(33-7)20(17)32)19-22(26-23)30(16(5)6)27-29(19)15(3)4/h8-10,14-16,27,31-32H,11-13H2,1-7H3,(H,24,25,26). The number of hydrazine groups is 2. The maximum absolute atomic E-state index is 10.5. The average Bonchev–Trinajstić information content (AvgIpc) is 3.16. The molecule has 0 aliphatic carbocycles. The number of rotatable bonds is 10. The minimum atomic E-state index is 0.00331. The smallest absolute Gasteiger partial charge is 0.229 e. The summed E-state index contributed by atoms with van der Waals surface area (Å²) in [4.78, 5) is 11.8. The lowest BCUT2D eigenvalue weighted by Gasteiger charge is -2.28. The van der Waals surface area contributed by atoms with E-state index in [0.717, 1.165) is 11.5 Å². The normalized spacial score (nSPS) is 13.3. The molecule has 10 heteroatoms. The van der Waals surface area contributed by atoms with Crippen molar-refractivity contribution in [2.45, 2.75) is 66.2 Å². The molecule has 1 aliphatic rings. The summed E-state index contributed by atoms with van der Waals surface area (Å²) in [6.07, 6.45) is 0. The van der Waals surface area contributed by atoms with Gasteiger partial charge >= 0.3 is 0 Å². The zero-order valence-corrected chi connectivity index (χ0v) is 20.6. The summed E-state index contributed by atoms with van der Waals surface area (Å²) >= 11 is 0. The Labute approximate surface area is 196 Å². The molecule has 0 fully saturated rings. The lowest BCUT2D eigenvalue weighted by molar-refractivity contribution is 0.298. The van der Waals surface area contributed by atoms with Gasteiger partial charge in [0.25, 0.3) is 0 Å². The van der Waals surface area contributed by atoms with E-state index in [-0.39, 0.29) is 30.5 Å². The molecule has 1 aromatic heterocycles. The topological polar surface area (TPSA) is 109 Å².